The van der Waals surface area contributed by atoms with E-state index in [2.05, 4.69) is 33.9 Å². The molecule has 1 fully saturated rings. The van der Waals surface area contributed by atoms with Crippen molar-refractivity contribution in [2.24, 2.45) is 0 Å². The van der Waals surface area contributed by atoms with Crippen LogP contribution < -0.4 is 0 Å². The van der Waals surface area contributed by atoms with E-state index in [0.29, 0.717) is 0 Å². The third kappa shape index (κ3) is 3.94. The van der Waals surface area contributed by atoms with Gasteiger partial charge < -0.3 is 13.9 Å². The maximum atomic E-state index is 11.9. The molecule has 0 radical (unpaired) electrons. The number of carbonyl (C=O) groups excluding carboxylic acids is 1. The maximum absolute atomic E-state index is 11.9. The molecule has 2 unspecified atom stereocenters. The summed E-state index contributed by atoms with van der Waals surface area (Å²) in [7, 11) is -2.02. The topological polar surface area (TPSA) is 48.1 Å². The summed E-state index contributed by atoms with van der Waals surface area (Å²) in [6, 6.07) is 0. The minimum absolute atomic E-state index is 0.0324. The van der Waals surface area contributed by atoms with Crippen molar-refractivity contribution in [2.45, 2.75) is 76.6 Å². The van der Waals surface area contributed by atoms with Crippen LogP contribution in [0.25, 0.3) is 0 Å². The molecule has 2 atom stereocenters. The molecular formula is C13H25ClO4Si. The number of alkyl halides is 1. The van der Waals surface area contributed by atoms with E-state index in [1.54, 1.807) is 20.8 Å². The lowest BCUT2D eigenvalue weighted by molar-refractivity contribution is -0.158. The van der Waals surface area contributed by atoms with E-state index in [0.717, 1.165) is 0 Å². The molecule has 6 heteroatoms. The smallest absolute Gasteiger partial charge is 0.360 e. The van der Waals surface area contributed by atoms with Gasteiger partial charge >= 0.3 is 5.97 Å². The number of hydrogen-bond acceptors (Lipinski definition) is 4. The van der Waals surface area contributed by atoms with Crippen molar-refractivity contribution in [1.82, 2.24) is 0 Å². The fraction of sp³-hybridized carbons (Fsp3) is 0.923. The largest absolute Gasteiger partial charge is 0.457 e. The first-order chi connectivity index (χ1) is 8.19. The van der Waals surface area contributed by atoms with Gasteiger partial charge in [0.15, 0.2) is 8.32 Å². The second kappa shape index (κ2) is 4.72. The standard InChI is InChI=1S/C13H25ClO4Si/c1-11(2,3)16-9(15)13(14)10(17-13)18-19(7,8)12(4,5)6/h10H,1-8H3. The fourth-order valence-corrected chi connectivity index (χ4v) is 2.50. The van der Waals surface area contributed by atoms with Crippen molar-refractivity contribution in [2.75, 3.05) is 0 Å². The highest BCUT2D eigenvalue weighted by atomic mass is 35.5. The molecule has 0 amide bonds. The third-order valence-corrected chi connectivity index (χ3v) is 8.25. The van der Waals surface area contributed by atoms with Crippen LogP contribution in [-0.4, -0.2) is 31.2 Å². The highest BCUT2D eigenvalue weighted by molar-refractivity contribution is 6.74. The van der Waals surface area contributed by atoms with Crippen LogP contribution in [0.3, 0.4) is 0 Å². The molecule has 0 N–H and O–H groups in total. The Hall–Kier alpha value is -0.103. The van der Waals surface area contributed by atoms with Crippen molar-refractivity contribution >= 4 is 25.9 Å². The minimum Gasteiger partial charge on any atom is -0.457 e. The summed E-state index contributed by atoms with van der Waals surface area (Å²) < 4.78 is 16.4. The quantitative estimate of drug-likeness (QED) is 0.346. The van der Waals surface area contributed by atoms with Gasteiger partial charge in [0.1, 0.15) is 5.60 Å². The van der Waals surface area contributed by atoms with E-state index in [1.807, 2.05) is 0 Å². The van der Waals surface area contributed by atoms with Crippen LogP contribution in [0.15, 0.2) is 0 Å². The van der Waals surface area contributed by atoms with Gasteiger partial charge in [-0.05, 0) is 38.9 Å². The second-order valence-electron chi connectivity index (χ2n) is 7.47. The third-order valence-electron chi connectivity index (χ3n) is 3.41. The van der Waals surface area contributed by atoms with Crippen molar-refractivity contribution in [1.29, 1.82) is 0 Å². The highest BCUT2D eigenvalue weighted by Crippen LogP contribution is 2.48. The van der Waals surface area contributed by atoms with Gasteiger partial charge in [-0.15, -0.1) is 0 Å². The monoisotopic (exact) mass is 308 g/mol. The van der Waals surface area contributed by atoms with Gasteiger partial charge in [0.05, 0.1) is 0 Å². The zero-order chi connectivity index (χ0) is 15.3. The Bertz CT molecular complexity index is 370. The Morgan fingerprint density at radius 2 is 1.68 bits per heavy atom. The van der Waals surface area contributed by atoms with E-state index in [9.17, 15) is 4.79 Å². The Morgan fingerprint density at radius 1 is 1.21 bits per heavy atom. The van der Waals surface area contributed by atoms with Gasteiger partial charge in [-0.3, -0.25) is 0 Å². The number of hydrogen-bond donors (Lipinski definition) is 0. The van der Waals surface area contributed by atoms with Crippen molar-refractivity contribution in [3.8, 4) is 0 Å². The average molecular weight is 309 g/mol. The highest BCUT2D eigenvalue weighted by Gasteiger charge is 2.67. The molecule has 1 rings (SSSR count). The lowest BCUT2D eigenvalue weighted by Gasteiger charge is -2.35. The number of esters is 1. The maximum Gasteiger partial charge on any atom is 0.360 e. The van der Waals surface area contributed by atoms with E-state index >= 15 is 0 Å². The van der Waals surface area contributed by atoms with Crippen LogP contribution in [0.2, 0.25) is 18.1 Å². The number of halogens is 1. The molecule has 0 bridgehead atoms. The van der Waals surface area contributed by atoms with Gasteiger partial charge in [0.2, 0.25) is 6.29 Å². The molecular weight excluding hydrogens is 284 g/mol. The van der Waals surface area contributed by atoms with E-state index in [1.165, 1.54) is 0 Å². The second-order valence-corrected chi connectivity index (χ2v) is 12.8. The van der Waals surface area contributed by atoms with Crippen LogP contribution in [0.5, 0.6) is 0 Å². The summed E-state index contributed by atoms with van der Waals surface area (Å²) in [6.07, 6.45) is -0.704. The fourth-order valence-electron chi connectivity index (χ4n) is 1.16. The van der Waals surface area contributed by atoms with Gasteiger partial charge in [-0.1, -0.05) is 32.4 Å². The van der Waals surface area contributed by atoms with Crippen molar-refractivity contribution < 1.29 is 18.7 Å². The molecule has 0 spiro atoms. The summed E-state index contributed by atoms with van der Waals surface area (Å²) in [5, 5.41) is -1.44. The molecule has 4 nitrogen and oxygen atoms in total. The lowest BCUT2D eigenvalue weighted by Crippen LogP contribution is -2.43. The molecule has 1 heterocycles. The molecule has 112 valence electrons. The molecule has 19 heavy (non-hydrogen) atoms. The number of epoxide rings is 1. The molecule has 0 aromatic rings. The zero-order valence-corrected chi connectivity index (χ0v) is 14.8. The van der Waals surface area contributed by atoms with Gasteiger partial charge in [0, 0.05) is 0 Å². The normalized spacial score (nSPS) is 28.2. The average Bonchev–Trinajstić information content (AvgIpc) is 2.72. The van der Waals surface area contributed by atoms with E-state index < -0.39 is 31.2 Å². The van der Waals surface area contributed by atoms with Crippen LogP contribution in [-0.2, 0) is 18.7 Å². The Balaban J connectivity index is 2.66. The number of carbonyl (C=O) groups is 1. The van der Waals surface area contributed by atoms with Crippen LogP contribution >= 0.6 is 11.6 Å². The first-order valence-electron chi connectivity index (χ1n) is 6.47. The molecule has 0 saturated carbocycles. The molecule has 0 aromatic heterocycles. The zero-order valence-electron chi connectivity index (χ0n) is 13.1. The molecule has 1 aliphatic rings. The Morgan fingerprint density at radius 3 is 2.05 bits per heavy atom. The van der Waals surface area contributed by atoms with Gasteiger partial charge in [-0.25, -0.2) is 4.79 Å². The van der Waals surface area contributed by atoms with Gasteiger partial charge in [-0.2, -0.15) is 0 Å². The Labute approximate surface area is 121 Å². The predicted octanol–water partition coefficient (Wildman–Crippen LogP) is 3.64. The molecule has 1 aliphatic heterocycles. The van der Waals surface area contributed by atoms with Gasteiger partial charge in [0.25, 0.3) is 5.06 Å². The summed E-state index contributed by atoms with van der Waals surface area (Å²) in [4.78, 5) is 11.9. The number of rotatable bonds is 3. The summed E-state index contributed by atoms with van der Waals surface area (Å²) in [5.41, 5.74) is -0.591. The molecule has 1 saturated heterocycles. The molecule has 0 aromatic carbocycles. The minimum atomic E-state index is -2.02. The van der Waals surface area contributed by atoms with Crippen LogP contribution in [0.4, 0.5) is 0 Å². The summed E-state index contributed by atoms with van der Waals surface area (Å²) in [5.74, 6) is -0.578. The first-order valence-corrected chi connectivity index (χ1v) is 9.76. The first kappa shape index (κ1) is 16.9. The van der Waals surface area contributed by atoms with Crippen molar-refractivity contribution in [3.05, 3.63) is 0 Å². The van der Waals surface area contributed by atoms with Crippen LogP contribution in [0.1, 0.15) is 41.5 Å². The summed E-state index contributed by atoms with van der Waals surface area (Å²) in [6.45, 7) is 15.9. The molecule has 0 aliphatic carbocycles. The van der Waals surface area contributed by atoms with E-state index in [-0.39, 0.29) is 5.04 Å². The van der Waals surface area contributed by atoms with Crippen LogP contribution in [0, 0.1) is 0 Å². The number of ether oxygens (including phenoxy) is 2. The Kier molecular flexibility index (Phi) is 4.21. The van der Waals surface area contributed by atoms with Crippen molar-refractivity contribution in [3.63, 3.8) is 0 Å². The lowest BCUT2D eigenvalue weighted by atomic mass is 10.2. The predicted molar refractivity (Wildman–Crippen MR) is 77.6 cm³/mol. The van der Waals surface area contributed by atoms with E-state index in [4.69, 9.17) is 25.5 Å². The summed E-state index contributed by atoms with van der Waals surface area (Å²) >= 11 is 6.12. The SMILES string of the molecule is CC(C)(C)OC(=O)C1(Cl)OC1O[Si](C)(C)C(C)(C)C.